The quantitative estimate of drug-likeness (QED) is 0.0570. The van der Waals surface area contributed by atoms with Crippen LogP contribution < -0.4 is 19.7 Å². The van der Waals surface area contributed by atoms with Gasteiger partial charge in [-0.25, -0.2) is 0 Å². The second-order valence-electron chi connectivity index (χ2n) is 34.2. The van der Waals surface area contributed by atoms with Gasteiger partial charge < -0.3 is 77.5 Å². The normalized spacial score (nSPS) is 15.2. The van der Waals surface area contributed by atoms with Crippen molar-refractivity contribution < 1.29 is 82.4 Å². The van der Waals surface area contributed by atoms with E-state index in [0.29, 0.717) is 108 Å². The van der Waals surface area contributed by atoms with E-state index in [4.69, 9.17) is 97.6 Å². The number of nitrogens with zero attached hydrogens (tertiary/aromatic N) is 11. The number of carbonyl (C=O) groups is 3. The molecule has 0 saturated carbocycles. The van der Waals surface area contributed by atoms with Crippen LogP contribution in [0.4, 0.5) is 0 Å². The van der Waals surface area contributed by atoms with Crippen molar-refractivity contribution in [2.75, 3.05) is 143 Å². The molecule has 0 radical (unpaired) electrons. The number of rotatable bonds is 18. The number of aromatic nitrogens is 3. The van der Waals surface area contributed by atoms with Gasteiger partial charge in [0.25, 0.3) is 17.7 Å². The number of hydrogen-bond acceptors (Lipinski definition) is 22. The van der Waals surface area contributed by atoms with Crippen molar-refractivity contribution in [3.63, 3.8) is 0 Å². The molecule has 6 aromatic carbocycles. The van der Waals surface area contributed by atoms with Gasteiger partial charge in [-0.1, -0.05) is 71.2 Å². The number of ether oxygens (including phenoxy) is 6. The Kier molecular flexibility index (Phi) is 33.3. The Morgan fingerprint density at radius 3 is 1.10 bits per heavy atom. The Labute approximate surface area is 786 Å². The first kappa shape index (κ1) is 101. The SMILES string of the molecule is CC(C)(c1ccc(B2OC(C)(C)C(C)(C)O2)cc1Cl)N1CCOCC1.COc1cc(C(=O)N(C)C)ccc1-c1cc2nccc(-c3ccc(C(C)(C)N4CCOCC4)c(C#N)c3)c2o1.COc1cc(C(=O)N(C)C)ccc1-c1cc2nccc(-c3ccc(C(C)(C)N4CCOCC4)c(Cl)c3)c2o1.COc1cc(C(=O)N(C)C)ccc1-c1cc2nccc(Cl)c2o1.Cl.[C-]#N.[Cu+]. The number of benzene rings is 6. The van der Waals surface area contributed by atoms with Gasteiger partial charge in [-0.15, -0.1) is 12.4 Å². The van der Waals surface area contributed by atoms with E-state index in [-0.39, 0.29) is 82.1 Å². The summed E-state index contributed by atoms with van der Waals surface area (Å²) in [5.74, 6) is 3.11. The number of carbonyl (C=O) groups excluding carboxylic acids is 3. The van der Waals surface area contributed by atoms with Crippen LogP contribution in [0.1, 0.15) is 123 Å². The number of fused-ring (bicyclic) bond motifs is 3. The van der Waals surface area contributed by atoms with Crippen LogP contribution in [0.15, 0.2) is 177 Å². The van der Waals surface area contributed by atoms with E-state index in [9.17, 15) is 19.6 Å². The minimum Gasteiger partial charge on any atom is -0.512 e. The van der Waals surface area contributed by atoms with Crippen molar-refractivity contribution in [3.05, 3.63) is 225 Å². The van der Waals surface area contributed by atoms with Crippen molar-refractivity contribution in [1.82, 2.24) is 44.4 Å². The Balaban J connectivity index is 0.000000181. The smallest absolute Gasteiger partial charge is 0.512 e. The van der Waals surface area contributed by atoms with Gasteiger partial charge in [-0.05, 0) is 194 Å². The number of halogens is 4. The number of hydrogen-bond donors (Lipinski definition) is 0. The summed E-state index contributed by atoms with van der Waals surface area (Å²) < 4.78 is 64.0. The molecule has 12 aromatic rings. The van der Waals surface area contributed by atoms with Gasteiger partial charge in [0.1, 0.15) is 51.1 Å². The predicted molar refractivity (Wildman–Crippen MR) is 503 cm³/mol. The maximum absolute atomic E-state index is 12.4. The van der Waals surface area contributed by atoms with Gasteiger partial charge in [-0.3, -0.25) is 44.0 Å². The molecule has 10 heterocycles. The molecule has 0 aliphatic carbocycles. The fourth-order valence-corrected chi connectivity index (χ4v) is 17.1. The monoisotopic (exact) mass is 1880 g/mol. The minimum absolute atomic E-state index is 0. The molecule has 0 N–H and O–H groups in total. The molecule has 0 spiro atoms. The third kappa shape index (κ3) is 21.8. The number of morpholine rings is 3. The molecule has 4 aliphatic heterocycles. The third-order valence-corrected chi connectivity index (χ3v) is 25.1. The Hall–Kier alpha value is -10.4. The summed E-state index contributed by atoms with van der Waals surface area (Å²) in [4.78, 5) is 62.0. The molecule has 6 aromatic heterocycles. The van der Waals surface area contributed by atoms with Crippen LogP contribution >= 0.6 is 47.2 Å². The zero-order chi connectivity index (χ0) is 91.8. The summed E-state index contributed by atoms with van der Waals surface area (Å²) in [6.45, 7) is 35.8. The fourth-order valence-electron chi connectivity index (χ4n) is 16.0. The first-order chi connectivity index (χ1) is 60.5. The van der Waals surface area contributed by atoms with E-state index in [1.165, 1.54) is 14.7 Å². The molecule has 31 heteroatoms. The largest absolute Gasteiger partial charge is 1.00 e. The Morgan fingerprint density at radius 2 is 0.760 bits per heavy atom. The molecule has 16 rings (SSSR count). The number of methoxy groups -OCH3 is 3. The van der Waals surface area contributed by atoms with Crippen molar-refractivity contribution >= 4 is 111 Å². The van der Waals surface area contributed by atoms with Crippen LogP contribution in [-0.2, 0) is 57.2 Å². The average Bonchev–Trinajstić information content (AvgIpc) is 1.76. The third-order valence-electron chi connectivity index (χ3n) is 24.2. The predicted octanol–water partition coefficient (Wildman–Crippen LogP) is 19.0. The summed E-state index contributed by atoms with van der Waals surface area (Å²) in [5.41, 5.74) is 14.7. The zero-order valence-electron chi connectivity index (χ0n) is 76.1. The van der Waals surface area contributed by atoms with Gasteiger partial charge in [-0.2, -0.15) is 5.26 Å². The molecule has 0 unspecified atom stereocenters. The second-order valence-corrected chi connectivity index (χ2v) is 35.4. The zero-order valence-corrected chi connectivity index (χ0v) is 80.2. The maximum atomic E-state index is 12.4. The summed E-state index contributed by atoms with van der Waals surface area (Å²) in [7, 11) is 14.6. The number of nitriles is 1. The Morgan fingerprint density at radius 1 is 0.434 bits per heavy atom. The molecular formula is C98H109BCl4CuN11O14. The number of furan rings is 3. The van der Waals surface area contributed by atoms with Crippen LogP contribution in [0.25, 0.3) is 89.5 Å². The van der Waals surface area contributed by atoms with E-state index in [1.807, 2.05) is 66.7 Å². The van der Waals surface area contributed by atoms with Gasteiger partial charge >= 0.3 is 24.2 Å². The van der Waals surface area contributed by atoms with Gasteiger partial charge in [0.15, 0.2) is 16.7 Å². The van der Waals surface area contributed by atoms with Crippen LogP contribution in [0.3, 0.4) is 0 Å². The molecule has 129 heavy (non-hydrogen) atoms. The van der Waals surface area contributed by atoms with Gasteiger partial charge in [0, 0.05) is 173 Å². The Bertz CT molecular complexity index is 6050. The molecule has 682 valence electrons. The van der Waals surface area contributed by atoms with E-state index < -0.39 is 0 Å². The van der Waals surface area contributed by atoms with Crippen LogP contribution in [-0.4, -0.2) is 223 Å². The van der Waals surface area contributed by atoms with E-state index in [2.05, 4.69) is 129 Å². The first-order valence-corrected chi connectivity index (χ1v) is 42.9. The van der Waals surface area contributed by atoms with Crippen molar-refractivity contribution in [3.8, 4) is 79.5 Å². The van der Waals surface area contributed by atoms with Crippen molar-refractivity contribution in [2.24, 2.45) is 0 Å². The molecule has 3 amide bonds. The summed E-state index contributed by atoms with van der Waals surface area (Å²) in [5, 5.41) is 18.3. The molecular weight excluding hydrogens is 1770 g/mol. The number of pyridine rings is 3. The minimum atomic E-state index is -0.386. The average molecular weight is 1880 g/mol. The topological polar surface area (TPSA) is 270 Å². The van der Waals surface area contributed by atoms with E-state index >= 15 is 0 Å². The maximum Gasteiger partial charge on any atom is 1.00 e. The van der Waals surface area contributed by atoms with Crippen molar-refractivity contribution in [1.29, 1.82) is 10.5 Å². The summed E-state index contributed by atoms with van der Waals surface area (Å²) in [6.07, 6.45) is 5.14. The summed E-state index contributed by atoms with van der Waals surface area (Å²) in [6, 6.07) is 47.7. The van der Waals surface area contributed by atoms with Crippen LogP contribution in [0, 0.1) is 23.2 Å². The number of amides is 3. The van der Waals surface area contributed by atoms with Gasteiger partial charge in [0.05, 0.1) is 106 Å². The standard InChI is InChI=1S/C31H32N4O4.C30H32ClN3O4.C19H29BClNO3.C17H15ClN2O3.CN.ClH.Cu/c1-31(2,35-12-14-38-15-13-35)25-9-7-20(16-22(25)19-32)23-10-11-33-26-18-28(39-29(23)26)24-8-6-21(17-27(24)37-5)30(36)34(3)4;1-30(2,34-12-14-37-15-13-34)23-9-7-19(16-24(23)31)21-10-11-32-25-18-27(38-28(21)25)22-8-6-20(17-26(22)36-5)29(35)33(3)4;1-17(2,22-9-11-23-12-10-22)15-8-7-14(13-16(15)21)20-24-18(3,4)19(5,6)25-20;1-20(2)17(21)10-4-5-11(14(8-10)22-3)15-9-13-16(23-15)12(18)6-7-19-13;1-2;;/h6-11,16-18H,12-15H2,1-5H3;6-11,16-18H,12-15H2,1-5H3;7-8,13H,9-12H2,1-6H3;4-9H,1-3H3;;1H;/q;;;;-1;;+1. The fraction of sp³-hybridized carbons (Fsp3) is 0.367. The molecule has 0 bridgehead atoms. The van der Waals surface area contributed by atoms with Crippen molar-refractivity contribution in [2.45, 2.75) is 97.1 Å². The molecule has 4 saturated heterocycles. The van der Waals surface area contributed by atoms with E-state index in [1.54, 1.807) is 137 Å². The summed E-state index contributed by atoms with van der Waals surface area (Å²) >= 11 is 19.7. The van der Waals surface area contributed by atoms with Gasteiger partial charge in [0.2, 0.25) is 0 Å². The molecule has 0 atom stereocenters. The molecule has 4 aliphatic rings. The van der Waals surface area contributed by atoms with E-state index in [0.717, 1.165) is 137 Å². The molecule has 4 fully saturated rings. The molecule has 25 nitrogen and oxygen atoms in total. The van der Waals surface area contributed by atoms with Crippen LogP contribution in [0.2, 0.25) is 15.1 Å². The second kappa shape index (κ2) is 42.7. The first-order valence-electron chi connectivity index (χ1n) is 41.7. The van der Waals surface area contributed by atoms with Crippen LogP contribution in [0.5, 0.6) is 17.2 Å².